The Morgan fingerprint density at radius 1 is 1.06 bits per heavy atom. The number of rotatable bonds is 2. The third kappa shape index (κ3) is 3.24. The molecular weight excluding hydrogens is 426 g/mol. The molecular formula is C20H20F6N4O. The number of allylic oxidation sites excluding steroid dienone is 1. The van der Waals surface area contributed by atoms with Gasteiger partial charge in [0.05, 0.1) is 11.1 Å². The van der Waals surface area contributed by atoms with Crippen molar-refractivity contribution in [2.75, 3.05) is 0 Å². The Morgan fingerprint density at radius 2 is 1.65 bits per heavy atom. The second-order valence-corrected chi connectivity index (χ2v) is 8.28. The van der Waals surface area contributed by atoms with E-state index < -0.39 is 47.1 Å². The molecule has 168 valence electrons. The van der Waals surface area contributed by atoms with Crippen molar-refractivity contribution in [2.45, 2.75) is 56.2 Å². The van der Waals surface area contributed by atoms with Gasteiger partial charge in [0.1, 0.15) is 11.6 Å². The zero-order chi connectivity index (χ0) is 22.8. The molecule has 0 amide bonds. The molecule has 5 nitrogen and oxygen atoms in total. The summed E-state index contributed by atoms with van der Waals surface area (Å²) in [5.74, 6) is -1.29. The van der Waals surface area contributed by atoms with Gasteiger partial charge in [-0.15, -0.1) is 0 Å². The molecule has 1 aliphatic carbocycles. The maximum atomic E-state index is 13.6. The normalized spacial score (nSPS) is 31.6. The number of hydrogen-bond acceptors (Lipinski definition) is 5. The van der Waals surface area contributed by atoms with Crippen molar-refractivity contribution >= 4 is 0 Å². The summed E-state index contributed by atoms with van der Waals surface area (Å²) in [6.45, 7) is 1.74. The monoisotopic (exact) mass is 446 g/mol. The Morgan fingerprint density at radius 3 is 2.10 bits per heavy atom. The van der Waals surface area contributed by atoms with Gasteiger partial charge in [0.15, 0.2) is 6.23 Å². The summed E-state index contributed by atoms with van der Waals surface area (Å²) in [6.07, 6.45) is -8.96. The van der Waals surface area contributed by atoms with E-state index in [4.69, 9.17) is 10.5 Å². The number of hydrazine groups is 1. The lowest BCUT2D eigenvalue weighted by Gasteiger charge is -2.53. The summed E-state index contributed by atoms with van der Waals surface area (Å²) >= 11 is 0. The quantitative estimate of drug-likeness (QED) is 0.600. The summed E-state index contributed by atoms with van der Waals surface area (Å²) in [5, 5.41) is 9.94. The van der Waals surface area contributed by atoms with Crippen molar-refractivity contribution in [1.82, 2.24) is 10.9 Å². The molecule has 1 saturated heterocycles. The van der Waals surface area contributed by atoms with E-state index in [0.717, 1.165) is 18.6 Å². The molecule has 4 rings (SSSR count). The van der Waals surface area contributed by atoms with E-state index in [1.54, 1.807) is 6.92 Å². The van der Waals surface area contributed by atoms with Crippen LogP contribution >= 0.6 is 0 Å². The van der Waals surface area contributed by atoms with Crippen LogP contribution in [0.4, 0.5) is 26.3 Å². The number of nitriles is 1. The standard InChI is InChI=1S/C20H20F6N4O/c1-9-15-17(30-29-9)31-16(28)14(8-27)18(15,10-3-2-4-10)11-5-12(19(21,22)23)7-13(6-11)20(24,25)26/h5-7,9-10,15,17,29-30H,2-4,28H2,1H3. The molecule has 4 atom stereocenters. The van der Waals surface area contributed by atoms with Crippen LogP contribution in [0, 0.1) is 23.2 Å². The first-order chi connectivity index (χ1) is 14.4. The van der Waals surface area contributed by atoms with Gasteiger partial charge in [0, 0.05) is 17.4 Å². The van der Waals surface area contributed by atoms with Crippen LogP contribution in [0.15, 0.2) is 29.7 Å². The fourth-order valence-corrected chi connectivity index (χ4v) is 5.21. The maximum Gasteiger partial charge on any atom is 0.416 e. The Kier molecular flexibility index (Phi) is 4.94. The molecule has 3 aliphatic rings. The molecule has 4 N–H and O–H groups in total. The zero-order valence-corrected chi connectivity index (χ0v) is 16.4. The minimum absolute atomic E-state index is 0.0997. The van der Waals surface area contributed by atoms with Crippen LogP contribution in [0.5, 0.6) is 0 Å². The Balaban J connectivity index is 2.07. The molecule has 11 heteroatoms. The fraction of sp³-hybridized carbons (Fsp3) is 0.550. The summed E-state index contributed by atoms with van der Waals surface area (Å²) in [7, 11) is 0. The molecule has 0 aromatic heterocycles. The number of alkyl halides is 6. The molecule has 0 radical (unpaired) electrons. The van der Waals surface area contributed by atoms with E-state index >= 15 is 0 Å². The number of fused-ring (bicyclic) bond motifs is 1. The number of nitrogens with two attached hydrogens (primary N) is 1. The lowest BCUT2D eigenvalue weighted by molar-refractivity contribution is -0.143. The van der Waals surface area contributed by atoms with Gasteiger partial charge in [0.2, 0.25) is 5.88 Å². The minimum atomic E-state index is -5.00. The van der Waals surface area contributed by atoms with E-state index in [2.05, 4.69) is 10.9 Å². The van der Waals surface area contributed by atoms with Crippen molar-refractivity contribution in [3.05, 3.63) is 46.3 Å². The highest BCUT2D eigenvalue weighted by Crippen LogP contribution is 2.58. The minimum Gasteiger partial charge on any atom is -0.458 e. The lowest BCUT2D eigenvalue weighted by Crippen LogP contribution is -2.57. The van der Waals surface area contributed by atoms with E-state index in [1.807, 2.05) is 6.07 Å². The van der Waals surface area contributed by atoms with Gasteiger partial charge in [-0.25, -0.2) is 5.43 Å². The summed E-state index contributed by atoms with van der Waals surface area (Å²) in [4.78, 5) is 0. The van der Waals surface area contributed by atoms with Crippen LogP contribution < -0.4 is 16.6 Å². The van der Waals surface area contributed by atoms with Gasteiger partial charge < -0.3 is 10.5 Å². The topological polar surface area (TPSA) is 83.1 Å². The van der Waals surface area contributed by atoms with Gasteiger partial charge in [-0.1, -0.05) is 6.42 Å². The van der Waals surface area contributed by atoms with E-state index in [0.29, 0.717) is 12.8 Å². The third-order valence-corrected chi connectivity index (χ3v) is 6.68. The number of benzene rings is 1. The average molecular weight is 446 g/mol. The van der Waals surface area contributed by atoms with Crippen molar-refractivity contribution < 1.29 is 31.1 Å². The zero-order valence-electron chi connectivity index (χ0n) is 16.4. The van der Waals surface area contributed by atoms with Crippen LogP contribution in [0.3, 0.4) is 0 Å². The molecule has 0 spiro atoms. The van der Waals surface area contributed by atoms with Gasteiger partial charge in [0.25, 0.3) is 0 Å². The SMILES string of the molecule is CC1NNC2OC(N)=C(C#N)C(c3cc(C(F)(F)F)cc(C(F)(F)F)c3)(C3CCC3)C12. The molecule has 1 aromatic rings. The van der Waals surface area contributed by atoms with Gasteiger partial charge in [-0.05, 0) is 49.4 Å². The molecule has 1 aromatic carbocycles. The predicted octanol–water partition coefficient (Wildman–Crippen LogP) is 3.92. The summed E-state index contributed by atoms with van der Waals surface area (Å²) in [5.41, 5.74) is 7.16. The highest BCUT2D eigenvalue weighted by Gasteiger charge is 2.62. The van der Waals surface area contributed by atoms with Gasteiger partial charge in [-0.3, -0.25) is 5.43 Å². The molecule has 0 bridgehead atoms. The number of nitrogens with zero attached hydrogens (tertiary/aromatic N) is 1. The first-order valence-corrected chi connectivity index (χ1v) is 9.78. The van der Waals surface area contributed by atoms with Crippen molar-refractivity contribution in [3.8, 4) is 6.07 Å². The second-order valence-electron chi connectivity index (χ2n) is 8.28. The van der Waals surface area contributed by atoms with Crippen LogP contribution in [-0.4, -0.2) is 12.3 Å². The molecule has 2 heterocycles. The van der Waals surface area contributed by atoms with Crippen molar-refractivity contribution in [3.63, 3.8) is 0 Å². The van der Waals surface area contributed by atoms with Crippen LogP contribution in [0.2, 0.25) is 0 Å². The first kappa shape index (κ1) is 21.8. The van der Waals surface area contributed by atoms with Crippen molar-refractivity contribution in [1.29, 1.82) is 5.26 Å². The molecule has 4 unspecified atom stereocenters. The van der Waals surface area contributed by atoms with Crippen LogP contribution in [-0.2, 0) is 22.5 Å². The largest absolute Gasteiger partial charge is 0.458 e. The van der Waals surface area contributed by atoms with Gasteiger partial charge >= 0.3 is 12.4 Å². The second kappa shape index (κ2) is 7.03. The van der Waals surface area contributed by atoms with Crippen LogP contribution in [0.1, 0.15) is 42.9 Å². The number of halogens is 6. The number of nitrogens with one attached hydrogen (secondary N) is 2. The number of hydrogen-bond donors (Lipinski definition) is 3. The van der Waals surface area contributed by atoms with Crippen molar-refractivity contribution in [2.24, 2.45) is 17.6 Å². The Hall–Kier alpha value is -2.45. The Labute approximate surface area is 174 Å². The molecule has 31 heavy (non-hydrogen) atoms. The smallest absolute Gasteiger partial charge is 0.416 e. The first-order valence-electron chi connectivity index (χ1n) is 9.78. The number of ether oxygens (including phenoxy) is 1. The fourth-order valence-electron chi connectivity index (χ4n) is 5.21. The molecule has 2 fully saturated rings. The summed E-state index contributed by atoms with van der Waals surface area (Å²) < 4.78 is 87.2. The molecule has 2 aliphatic heterocycles. The van der Waals surface area contributed by atoms with Gasteiger partial charge in [-0.2, -0.15) is 31.6 Å². The molecule has 1 saturated carbocycles. The summed E-state index contributed by atoms with van der Waals surface area (Å²) in [6, 6.07) is 3.10. The Bertz CT molecular complexity index is 930. The van der Waals surface area contributed by atoms with Crippen LogP contribution in [0.25, 0.3) is 0 Å². The highest BCUT2D eigenvalue weighted by atomic mass is 19.4. The van der Waals surface area contributed by atoms with E-state index in [1.165, 1.54) is 0 Å². The average Bonchev–Trinajstić information content (AvgIpc) is 2.99. The predicted molar refractivity (Wildman–Crippen MR) is 96.4 cm³/mol. The van der Waals surface area contributed by atoms with E-state index in [9.17, 15) is 31.6 Å². The third-order valence-electron chi connectivity index (χ3n) is 6.68. The maximum absolute atomic E-state index is 13.6. The van der Waals surface area contributed by atoms with E-state index in [-0.39, 0.29) is 29.0 Å². The lowest BCUT2D eigenvalue weighted by atomic mass is 9.51. The highest BCUT2D eigenvalue weighted by molar-refractivity contribution is 5.52.